The molecule has 1 aromatic rings. The third kappa shape index (κ3) is 3.42. The Kier molecular flexibility index (Phi) is 4.01. The zero-order valence-electron chi connectivity index (χ0n) is 8.34. The predicted molar refractivity (Wildman–Crippen MR) is 55.7 cm³/mol. The van der Waals surface area contributed by atoms with Gasteiger partial charge >= 0.3 is 0 Å². The maximum absolute atomic E-state index is 11.4. The smallest absolute Gasteiger partial charge is 0.286 e. The summed E-state index contributed by atoms with van der Waals surface area (Å²) in [5.74, 6) is 0.904. The van der Waals surface area contributed by atoms with Crippen LogP contribution < -0.4 is 5.32 Å². The van der Waals surface area contributed by atoms with Crippen LogP contribution >= 0.6 is 11.6 Å². The Balaban J connectivity index is 2.36. The van der Waals surface area contributed by atoms with E-state index in [-0.39, 0.29) is 11.3 Å². The number of carbonyl (C=O) groups excluding carboxylic acids is 1. The minimum absolute atomic E-state index is 0.0774. The first-order valence-electron chi connectivity index (χ1n) is 4.58. The first kappa shape index (κ1) is 11.1. The number of halogens is 1. The Labute approximate surface area is 88.4 Å². The zero-order chi connectivity index (χ0) is 10.6. The number of alkyl halides is 1. The van der Waals surface area contributed by atoms with E-state index >= 15 is 0 Å². The third-order valence-electron chi connectivity index (χ3n) is 1.79. The first-order chi connectivity index (χ1) is 6.59. The van der Waals surface area contributed by atoms with Crippen LogP contribution in [-0.2, 0) is 0 Å². The van der Waals surface area contributed by atoms with E-state index in [2.05, 4.69) is 5.32 Å². The molecule has 3 nitrogen and oxygen atoms in total. The highest BCUT2D eigenvalue weighted by atomic mass is 35.5. The highest BCUT2D eigenvalue weighted by Gasteiger charge is 2.08. The van der Waals surface area contributed by atoms with Crippen molar-refractivity contribution in [1.82, 2.24) is 5.32 Å². The Hall–Kier alpha value is -0.960. The van der Waals surface area contributed by atoms with Gasteiger partial charge in [-0.25, -0.2) is 0 Å². The standard InChI is InChI=1S/C10H14ClNO2/c1-7(11)5-6-12-10(13)9-4-3-8(2)14-9/h3-4,7H,5-6H2,1-2H3,(H,12,13). The highest BCUT2D eigenvalue weighted by molar-refractivity contribution is 6.20. The SMILES string of the molecule is Cc1ccc(C(=O)NCCC(C)Cl)o1. The summed E-state index contributed by atoms with van der Waals surface area (Å²) in [5, 5.41) is 2.80. The van der Waals surface area contributed by atoms with Crippen molar-refractivity contribution in [3.8, 4) is 0 Å². The molecule has 1 unspecified atom stereocenters. The van der Waals surface area contributed by atoms with Crippen LogP contribution in [0.4, 0.5) is 0 Å². The molecule has 0 aliphatic rings. The Morgan fingerprint density at radius 3 is 2.86 bits per heavy atom. The molecule has 1 N–H and O–H groups in total. The molecule has 1 heterocycles. The summed E-state index contributed by atoms with van der Waals surface area (Å²) >= 11 is 5.74. The molecule has 0 aromatic carbocycles. The van der Waals surface area contributed by atoms with Crippen molar-refractivity contribution in [2.75, 3.05) is 6.54 Å². The lowest BCUT2D eigenvalue weighted by Gasteiger charge is -2.03. The summed E-state index contributed by atoms with van der Waals surface area (Å²) in [6.07, 6.45) is 0.757. The highest BCUT2D eigenvalue weighted by Crippen LogP contribution is 2.06. The van der Waals surface area contributed by atoms with Crippen molar-refractivity contribution in [3.63, 3.8) is 0 Å². The molecule has 0 saturated carbocycles. The summed E-state index contributed by atoms with van der Waals surface area (Å²) in [4.78, 5) is 11.4. The molecule has 0 spiro atoms. The monoisotopic (exact) mass is 215 g/mol. The van der Waals surface area contributed by atoms with Gasteiger partial charge in [-0.2, -0.15) is 0 Å². The number of hydrogen-bond acceptors (Lipinski definition) is 2. The van der Waals surface area contributed by atoms with Crippen molar-refractivity contribution >= 4 is 17.5 Å². The maximum Gasteiger partial charge on any atom is 0.286 e. The van der Waals surface area contributed by atoms with Gasteiger partial charge in [0.25, 0.3) is 5.91 Å². The molecule has 0 fully saturated rings. The van der Waals surface area contributed by atoms with Crippen LogP contribution in [0, 0.1) is 6.92 Å². The zero-order valence-corrected chi connectivity index (χ0v) is 9.10. The molecule has 0 bridgehead atoms. The number of hydrogen-bond donors (Lipinski definition) is 1. The molecule has 0 radical (unpaired) electrons. The van der Waals surface area contributed by atoms with E-state index in [1.807, 2.05) is 6.92 Å². The lowest BCUT2D eigenvalue weighted by atomic mass is 10.3. The molecular weight excluding hydrogens is 202 g/mol. The molecule has 1 atom stereocenters. The Bertz CT molecular complexity index is 307. The van der Waals surface area contributed by atoms with E-state index < -0.39 is 0 Å². The molecule has 4 heteroatoms. The average Bonchev–Trinajstić information content (AvgIpc) is 2.51. The second-order valence-electron chi connectivity index (χ2n) is 3.24. The lowest BCUT2D eigenvalue weighted by Crippen LogP contribution is -2.25. The van der Waals surface area contributed by atoms with E-state index in [1.54, 1.807) is 19.1 Å². The fourth-order valence-corrected chi connectivity index (χ4v) is 1.14. The third-order valence-corrected chi connectivity index (χ3v) is 2.01. The van der Waals surface area contributed by atoms with Crippen LogP contribution in [0.1, 0.15) is 29.7 Å². The van der Waals surface area contributed by atoms with Crippen LogP contribution in [0.5, 0.6) is 0 Å². The molecule has 14 heavy (non-hydrogen) atoms. The van der Waals surface area contributed by atoms with E-state index in [0.717, 1.165) is 12.2 Å². The van der Waals surface area contributed by atoms with Crippen molar-refractivity contribution in [2.24, 2.45) is 0 Å². The molecular formula is C10H14ClNO2. The number of carbonyl (C=O) groups is 1. The van der Waals surface area contributed by atoms with E-state index in [0.29, 0.717) is 12.3 Å². The largest absolute Gasteiger partial charge is 0.456 e. The minimum atomic E-state index is -0.185. The van der Waals surface area contributed by atoms with Crippen molar-refractivity contribution < 1.29 is 9.21 Å². The van der Waals surface area contributed by atoms with Crippen LogP contribution in [0.2, 0.25) is 0 Å². The molecule has 78 valence electrons. The number of rotatable bonds is 4. The lowest BCUT2D eigenvalue weighted by molar-refractivity contribution is 0.0924. The second-order valence-corrected chi connectivity index (χ2v) is 3.98. The van der Waals surface area contributed by atoms with Gasteiger partial charge in [-0.15, -0.1) is 11.6 Å². The van der Waals surface area contributed by atoms with Gasteiger partial charge in [0.2, 0.25) is 0 Å². The van der Waals surface area contributed by atoms with Gasteiger partial charge in [0.05, 0.1) is 0 Å². The maximum atomic E-state index is 11.4. The van der Waals surface area contributed by atoms with E-state index in [9.17, 15) is 4.79 Å². The normalized spacial score (nSPS) is 12.5. The average molecular weight is 216 g/mol. The van der Waals surface area contributed by atoms with Gasteiger partial charge in [0.15, 0.2) is 5.76 Å². The van der Waals surface area contributed by atoms with Crippen molar-refractivity contribution in [2.45, 2.75) is 25.6 Å². The number of furan rings is 1. The molecule has 1 rings (SSSR count). The van der Waals surface area contributed by atoms with E-state index in [1.165, 1.54) is 0 Å². The molecule has 0 aliphatic heterocycles. The number of amides is 1. The van der Waals surface area contributed by atoms with Crippen LogP contribution in [-0.4, -0.2) is 17.8 Å². The number of aryl methyl sites for hydroxylation is 1. The molecule has 0 aliphatic carbocycles. The quantitative estimate of drug-likeness (QED) is 0.784. The summed E-state index contributed by atoms with van der Waals surface area (Å²) < 4.78 is 5.16. The fraction of sp³-hybridized carbons (Fsp3) is 0.500. The van der Waals surface area contributed by atoms with Gasteiger partial charge in [0.1, 0.15) is 5.76 Å². The van der Waals surface area contributed by atoms with Gasteiger partial charge in [-0.05, 0) is 32.4 Å². The van der Waals surface area contributed by atoms with Crippen molar-refractivity contribution in [1.29, 1.82) is 0 Å². The fourth-order valence-electron chi connectivity index (χ4n) is 1.03. The van der Waals surface area contributed by atoms with Gasteiger partial charge in [-0.1, -0.05) is 0 Å². The Morgan fingerprint density at radius 2 is 2.36 bits per heavy atom. The van der Waals surface area contributed by atoms with Gasteiger partial charge in [-0.3, -0.25) is 4.79 Å². The summed E-state index contributed by atoms with van der Waals surface area (Å²) in [6.45, 7) is 4.27. The van der Waals surface area contributed by atoms with Crippen LogP contribution in [0.3, 0.4) is 0 Å². The summed E-state index contributed by atoms with van der Waals surface area (Å²) in [5.41, 5.74) is 0. The first-order valence-corrected chi connectivity index (χ1v) is 5.02. The van der Waals surface area contributed by atoms with Crippen LogP contribution in [0.15, 0.2) is 16.5 Å². The van der Waals surface area contributed by atoms with Gasteiger partial charge < -0.3 is 9.73 Å². The Morgan fingerprint density at radius 1 is 1.64 bits per heavy atom. The minimum Gasteiger partial charge on any atom is -0.456 e. The van der Waals surface area contributed by atoms with Crippen LogP contribution in [0.25, 0.3) is 0 Å². The molecule has 1 aromatic heterocycles. The second kappa shape index (κ2) is 5.05. The molecule has 0 saturated heterocycles. The summed E-state index contributed by atoms with van der Waals surface area (Å²) in [6, 6.07) is 3.42. The topological polar surface area (TPSA) is 42.2 Å². The van der Waals surface area contributed by atoms with Gasteiger partial charge in [0, 0.05) is 11.9 Å². The van der Waals surface area contributed by atoms with E-state index in [4.69, 9.17) is 16.0 Å². The van der Waals surface area contributed by atoms with Crippen molar-refractivity contribution in [3.05, 3.63) is 23.7 Å². The number of nitrogens with one attached hydrogen (secondary N) is 1. The predicted octanol–water partition coefficient (Wildman–Crippen LogP) is 2.34. The summed E-state index contributed by atoms with van der Waals surface area (Å²) in [7, 11) is 0. The molecule has 1 amide bonds.